The van der Waals surface area contributed by atoms with Crippen LogP contribution in [-0.4, -0.2) is 28.1 Å². The van der Waals surface area contributed by atoms with E-state index in [-0.39, 0.29) is 0 Å². The van der Waals surface area contributed by atoms with Crippen molar-refractivity contribution in [1.29, 1.82) is 0 Å². The van der Waals surface area contributed by atoms with Crippen molar-refractivity contribution < 1.29 is 0 Å². The Labute approximate surface area is 95.5 Å². The zero-order valence-electron chi connectivity index (χ0n) is 9.67. The zero-order chi connectivity index (χ0) is 11.4. The van der Waals surface area contributed by atoms with Crippen LogP contribution in [0.3, 0.4) is 0 Å². The lowest BCUT2D eigenvalue weighted by Gasteiger charge is -2.21. The predicted octanol–water partition coefficient (Wildman–Crippen LogP) is 2.11. The fraction of sp³-hybridized carbons (Fsp3) is 0.333. The molecule has 16 heavy (non-hydrogen) atoms. The molecule has 2 aromatic rings. The number of benzene rings is 1. The van der Waals surface area contributed by atoms with Gasteiger partial charge in [-0.2, -0.15) is 0 Å². The number of hydrogen-bond acceptors (Lipinski definition) is 3. The van der Waals surface area contributed by atoms with E-state index in [9.17, 15) is 0 Å². The lowest BCUT2D eigenvalue weighted by atomic mass is 10.2. The molecular formula is C12H16N4. The van der Waals surface area contributed by atoms with Crippen molar-refractivity contribution in [3.05, 3.63) is 36.7 Å². The summed E-state index contributed by atoms with van der Waals surface area (Å²) in [4.78, 5) is 2.31. The number of hydrogen-bond donors (Lipinski definition) is 0. The van der Waals surface area contributed by atoms with Gasteiger partial charge in [-0.1, -0.05) is 5.21 Å². The molecule has 2 rings (SSSR count). The highest BCUT2D eigenvalue weighted by Gasteiger charge is 2.02. The summed E-state index contributed by atoms with van der Waals surface area (Å²) >= 11 is 0. The minimum atomic E-state index is 1.03. The SMILES string of the molecule is CCN(CC)c1ccc(-n2ccnn2)cc1. The molecule has 0 amide bonds. The van der Waals surface area contributed by atoms with Crippen LogP contribution in [0.1, 0.15) is 13.8 Å². The molecule has 0 saturated heterocycles. The normalized spacial score (nSPS) is 10.4. The maximum Gasteiger partial charge on any atom is 0.0697 e. The van der Waals surface area contributed by atoms with Gasteiger partial charge in [0.15, 0.2) is 0 Å². The highest BCUT2D eigenvalue weighted by Crippen LogP contribution is 2.16. The second-order valence-corrected chi connectivity index (χ2v) is 3.54. The van der Waals surface area contributed by atoms with Crippen LogP contribution in [0.25, 0.3) is 5.69 Å². The molecule has 0 aliphatic carbocycles. The van der Waals surface area contributed by atoms with Crippen molar-refractivity contribution in [3.63, 3.8) is 0 Å². The van der Waals surface area contributed by atoms with Gasteiger partial charge in [0.25, 0.3) is 0 Å². The van der Waals surface area contributed by atoms with Crippen molar-refractivity contribution in [3.8, 4) is 5.69 Å². The molecule has 0 fully saturated rings. The van der Waals surface area contributed by atoms with Gasteiger partial charge in [0, 0.05) is 18.8 Å². The van der Waals surface area contributed by atoms with Gasteiger partial charge < -0.3 is 4.90 Å². The van der Waals surface area contributed by atoms with Gasteiger partial charge in [0.2, 0.25) is 0 Å². The molecule has 1 heterocycles. The second-order valence-electron chi connectivity index (χ2n) is 3.54. The molecule has 0 bridgehead atoms. The van der Waals surface area contributed by atoms with Crippen molar-refractivity contribution in [1.82, 2.24) is 15.0 Å². The molecule has 0 spiro atoms. The zero-order valence-corrected chi connectivity index (χ0v) is 9.67. The first-order valence-electron chi connectivity index (χ1n) is 5.56. The summed E-state index contributed by atoms with van der Waals surface area (Å²) in [5.41, 5.74) is 2.28. The average molecular weight is 216 g/mol. The molecule has 4 heteroatoms. The number of nitrogens with zero attached hydrogens (tertiary/aromatic N) is 4. The van der Waals surface area contributed by atoms with Crippen LogP contribution in [-0.2, 0) is 0 Å². The topological polar surface area (TPSA) is 34.0 Å². The van der Waals surface area contributed by atoms with E-state index < -0.39 is 0 Å². The first-order valence-corrected chi connectivity index (χ1v) is 5.56. The van der Waals surface area contributed by atoms with E-state index in [0.717, 1.165) is 18.8 Å². The quantitative estimate of drug-likeness (QED) is 0.785. The third-order valence-electron chi connectivity index (χ3n) is 2.67. The van der Waals surface area contributed by atoms with Crippen molar-refractivity contribution >= 4 is 5.69 Å². The van der Waals surface area contributed by atoms with Crippen LogP contribution in [0.2, 0.25) is 0 Å². The molecular weight excluding hydrogens is 200 g/mol. The van der Waals surface area contributed by atoms with E-state index in [1.807, 2.05) is 6.20 Å². The van der Waals surface area contributed by atoms with E-state index in [1.54, 1.807) is 10.9 Å². The second kappa shape index (κ2) is 4.79. The maximum atomic E-state index is 3.95. The molecule has 1 aromatic carbocycles. The fourth-order valence-corrected chi connectivity index (χ4v) is 1.75. The Morgan fingerprint density at radius 2 is 1.81 bits per heavy atom. The summed E-state index contributed by atoms with van der Waals surface area (Å²) in [6, 6.07) is 8.35. The van der Waals surface area contributed by atoms with Gasteiger partial charge in [-0.15, -0.1) is 5.10 Å². The van der Waals surface area contributed by atoms with Crippen molar-refractivity contribution in [2.75, 3.05) is 18.0 Å². The minimum absolute atomic E-state index is 1.03. The van der Waals surface area contributed by atoms with Crippen LogP contribution in [0.15, 0.2) is 36.7 Å². The van der Waals surface area contributed by atoms with Crippen molar-refractivity contribution in [2.45, 2.75) is 13.8 Å². The smallest absolute Gasteiger partial charge is 0.0697 e. The lowest BCUT2D eigenvalue weighted by molar-refractivity contribution is 0.802. The maximum absolute atomic E-state index is 3.95. The Balaban J connectivity index is 2.22. The van der Waals surface area contributed by atoms with Gasteiger partial charge in [-0.25, -0.2) is 4.68 Å². The fourth-order valence-electron chi connectivity index (χ4n) is 1.75. The summed E-state index contributed by atoms with van der Waals surface area (Å²) in [7, 11) is 0. The summed E-state index contributed by atoms with van der Waals surface area (Å²) in [6.07, 6.45) is 3.52. The first-order chi connectivity index (χ1) is 7.85. The van der Waals surface area contributed by atoms with Crippen LogP contribution in [0.5, 0.6) is 0 Å². The lowest BCUT2D eigenvalue weighted by Crippen LogP contribution is -2.21. The molecule has 1 aromatic heterocycles. The van der Waals surface area contributed by atoms with E-state index >= 15 is 0 Å². The summed E-state index contributed by atoms with van der Waals surface area (Å²) < 4.78 is 1.76. The van der Waals surface area contributed by atoms with Gasteiger partial charge in [0.1, 0.15) is 0 Å². The minimum Gasteiger partial charge on any atom is -0.372 e. The highest BCUT2D eigenvalue weighted by molar-refractivity contribution is 5.50. The monoisotopic (exact) mass is 216 g/mol. The molecule has 0 saturated carbocycles. The molecule has 84 valence electrons. The largest absolute Gasteiger partial charge is 0.372 e. The van der Waals surface area contributed by atoms with Crippen LogP contribution >= 0.6 is 0 Å². The van der Waals surface area contributed by atoms with Crippen LogP contribution in [0.4, 0.5) is 5.69 Å². The van der Waals surface area contributed by atoms with E-state index in [4.69, 9.17) is 0 Å². The Kier molecular flexibility index (Phi) is 3.19. The first kappa shape index (κ1) is 10.7. The van der Waals surface area contributed by atoms with Gasteiger partial charge >= 0.3 is 0 Å². The molecule has 0 radical (unpaired) electrons. The third-order valence-corrected chi connectivity index (χ3v) is 2.67. The molecule has 0 aliphatic heterocycles. The highest BCUT2D eigenvalue weighted by atomic mass is 15.4. The summed E-state index contributed by atoms with van der Waals surface area (Å²) in [6.45, 7) is 6.38. The standard InChI is InChI=1S/C12H16N4/c1-3-15(4-2)11-5-7-12(8-6-11)16-10-9-13-14-16/h5-10H,3-4H2,1-2H3. The van der Waals surface area contributed by atoms with Gasteiger partial charge in [-0.3, -0.25) is 0 Å². The molecule has 0 N–H and O–H groups in total. The van der Waals surface area contributed by atoms with E-state index in [1.165, 1.54) is 5.69 Å². The molecule has 4 nitrogen and oxygen atoms in total. The van der Waals surface area contributed by atoms with Crippen LogP contribution in [0, 0.1) is 0 Å². The number of aromatic nitrogens is 3. The Hall–Kier alpha value is -1.84. The summed E-state index contributed by atoms with van der Waals surface area (Å²) in [5.74, 6) is 0. The molecule has 0 aliphatic rings. The Morgan fingerprint density at radius 3 is 2.31 bits per heavy atom. The van der Waals surface area contributed by atoms with E-state index in [2.05, 4.69) is 53.3 Å². The predicted molar refractivity (Wildman–Crippen MR) is 64.9 cm³/mol. The average Bonchev–Trinajstić information content (AvgIpc) is 2.85. The van der Waals surface area contributed by atoms with Gasteiger partial charge in [-0.05, 0) is 38.1 Å². The molecule has 0 atom stereocenters. The van der Waals surface area contributed by atoms with Crippen LogP contribution < -0.4 is 4.90 Å². The Bertz CT molecular complexity index is 415. The number of rotatable bonds is 4. The molecule has 0 unspecified atom stereocenters. The Morgan fingerprint density at radius 1 is 1.12 bits per heavy atom. The van der Waals surface area contributed by atoms with E-state index in [0.29, 0.717) is 0 Å². The van der Waals surface area contributed by atoms with Crippen molar-refractivity contribution in [2.24, 2.45) is 0 Å². The number of anilines is 1. The third kappa shape index (κ3) is 2.05. The van der Waals surface area contributed by atoms with Gasteiger partial charge in [0.05, 0.1) is 18.1 Å². The summed E-state index contributed by atoms with van der Waals surface area (Å²) in [5, 5.41) is 7.75.